The monoisotopic (exact) mass is 262 g/mol. The summed E-state index contributed by atoms with van der Waals surface area (Å²) in [5.74, 6) is 0.892. The Balaban J connectivity index is 2.65. The Morgan fingerprint density at radius 2 is 1.74 bits per heavy atom. The zero-order valence-electron chi connectivity index (χ0n) is 12.4. The fraction of sp³-hybridized carbons (Fsp3) is 0.562. The molecule has 1 atom stereocenters. The Labute approximate surface area is 116 Å². The first-order chi connectivity index (χ1) is 8.93. The number of rotatable bonds is 6. The van der Waals surface area contributed by atoms with Crippen molar-refractivity contribution in [2.45, 2.75) is 40.0 Å². The summed E-state index contributed by atoms with van der Waals surface area (Å²) in [7, 11) is 0. The summed E-state index contributed by atoms with van der Waals surface area (Å²) in [5.41, 5.74) is 7.80. The molecule has 0 radical (unpaired) electrons. The second-order valence-electron chi connectivity index (χ2n) is 5.83. The number of nitrogens with one attached hydrogen (secondary N) is 1. The quantitative estimate of drug-likeness (QED) is 0.826. The third-order valence-electron chi connectivity index (χ3n) is 3.26. The molecule has 0 heterocycles. The third kappa shape index (κ3) is 5.03. The van der Waals surface area contributed by atoms with Gasteiger partial charge < -0.3 is 11.1 Å². The summed E-state index contributed by atoms with van der Waals surface area (Å²) >= 11 is 0. The summed E-state index contributed by atoms with van der Waals surface area (Å²) in [6.45, 7) is 8.91. The maximum atomic E-state index is 12.1. The second-order valence-corrected chi connectivity index (χ2v) is 5.83. The number of hydrogen-bond acceptors (Lipinski definition) is 2. The van der Waals surface area contributed by atoms with Crippen LogP contribution in [-0.2, 0) is 4.79 Å². The molecule has 0 saturated heterocycles. The van der Waals surface area contributed by atoms with Gasteiger partial charge in [0.25, 0.3) is 0 Å². The zero-order chi connectivity index (χ0) is 14.4. The normalized spacial score (nSPS) is 12.8. The van der Waals surface area contributed by atoms with E-state index in [4.69, 9.17) is 5.73 Å². The molecule has 0 aliphatic rings. The first-order valence-corrected chi connectivity index (χ1v) is 7.05. The Kier molecular flexibility index (Phi) is 6.03. The predicted octanol–water partition coefficient (Wildman–Crippen LogP) is 3.37. The molecule has 1 amide bonds. The van der Waals surface area contributed by atoms with Gasteiger partial charge >= 0.3 is 0 Å². The number of amides is 1. The minimum atomic E-state index is -0.107. The van der Waals surface area contributed by atoms with Crippen molar-refractivity contribution in [3.05, 3.63) is 29.8 Å². The van der Waals surface area contributed by atoms with Gasteiger partial charge in [0.2, 0.25) is 5.91 Å². The van der Waals surface area contributed by atoms with Crippen LogP contribution in [-0.4, -0.2) is 12.5 Å². The van der Waals surface area contributed by atoms with Gasteiger partial charge in [-0.3, -0.25) is 4.79 Å². The molecule has 1 rings (SSSR count). The number of carbonyl (C=O) groups excluding carboxylic acids is 1. The van der Waals surface area contributed by atoms with Crippen molar-refractivity contribution in [1.82, 2.24) is 0 Å². The molecule has 0 fully saturated rings. The van der Waals surface area contributed by atoms with Gasteiger partial charge in [-0.05, 0) is 36.0 Å². The van der Waals surface area contributed by atoms with Crippen molar-refractivity contribution in [3.8, 4) is 0 Å². The van der Waals surface area contributed by atoms with Gasteiger partial charge in [-0.1, -0.05) is 39.8 Å². The number of nitrogens with two attached hydrogens (primary N) is 1. The van der Waals surface area contributed by atoms with Crippen LogP contribution < -0.4 is 11.1 Å². The Morgan fingerprint density at radius 3 is 2.16 bits per heavy atom. The number of carbonyl (C=O) groups is 1. The summed E-state index contributed by atoms with van der Waals surface area (Å²) in [4.78, 5) is 12.1. The lowest BCUT2D eigenvalue weighted by atomic mass is 9.96. The van der Waals surface area contributed by atoms with E-state index in [-0.39, 0.29) is 11.8 Å². The summed E-state index contributed by atoms with van der Waals surface area (Å²) < 4.78 is 0. The smallest absolute Gasteiger partial charge is 0.228 e. The van der Waals surface area contributed by atoms with Crippen LogP contribution in [0, 0.1) is 11.8 Å². The predicted molar refractivity (Wildman–Crippen MR) is 81.2 cm³/mol. The molecule has 0 aliphatic heterocycles. The SMILES string of the molecule is CC(C)CC(CN)C(=O)Nc1ccc(C(C)C)cc1. The first kappa shape index (κ1) is 15.7. The molecule has 0 saturated carbocycles. The van der Waals surface area contributed by atoms with Crippen LogP contribution >= 0.6 is 0 Å². The minimum absolute atomic E-state index is 0.0218. The van der Waals surface area contributed by atoms with Gasteiger partial charge in [-0.15, -0.1) is 0 Å². The van der Waals surface area contributed by atoms with E-state index < -0.39 is 0 Å². The lowest BCUT2D eigenvalue weighted by Crippen LogP contribution is -2.30. The summed E-state index contributed by atoms with van der Waals surface area (Å²) in [5, 5.41) is 2.95. The van der Waals surface area contributed by atoms with Crippen molar-refractivity contribution in [3.63, 3.8) is 0 Å². The van der Waals surface area contributed by atoms with E-state index in [1.807, 2.05) is 12.1 Å². The van der Waals surface area contributed by atoms with E-state index in [1.165, 1.54) is 5.56 Å². The van der Waals surface area contributed by atoms with Crippen LogP contribution in [0.25, 0.3) is 0 Å². The molecule has 3 N–H and O–H groups in total. The largest absolute Gasteiger partial charge is 0.330 e. The van der Waals surface area contributed by atoms with Crippen LogP contribution in [0.4, 0.5) is 5.69 Å². The molecule has 3 nitrogen and oxygen atoms in total. The van der Waals surface area contributed by atoms with Crippen LogP contribution in [0.15, 0.2) is 24.3 Å². The minimum Gasteiger partial charge on any atom is -0.330 e. The lowest BCUT2D eigenvalue weighted by molar-refractivity contribution is -0.120. The number of benzene rings is 1. The van der Waals surface area contributed by atoms with Gasteiger partial charge in [0.05, 0.1) is 5.92 Å². The maximum Gasteiger partial charge on any atom is 0.228 e. The third-order valence-corrected chi connectivity index (χ3v) is 3.26. The molecular formula is C16H26N2O. The van der Waals surface area contributed by atoms with Crippen molar-refractivity contribution >= 4 is 11.6 Å². The highest BCUT2D eigenvalue weighted by Crippen LogP contribution is 2.18. The second kappa shape index (κ2) is 7.29. The van der Waals surface area contributed by atoms with Gasteiger partial charge in [0.1, 0.15) is 0 Å². The molecular weight excluding hydrogens is 236 g/mol. The number of anilines is 1. The lowest BCUT2D eigenvalue weighted by Gasteiger charge is -2.17. The van der Waals surface area contributed by atoms with Crippen molar-refractivity contribution in [2.75, 3.05) is 11.9 Å². The Bertz CT molecular complexity index is 396. The molecule has 1 aromatic rings. The fourth-order valence-corrected chi connectivity index (χ4v) is 2.08. The highest BCUT2D eigenvalue weighted by Gasteiger charge is 2.18. The molecule has 0 bridgehead atoms. The molecule has 0 spiro atoms. The standard InChI is InChI=1S/C16H26N2O/c1-11(2)9-14(10-17)16(19)18-15-7-5-13(6-8-15)12(3)4/h5-8,11-12,14H,9-10,17H2,1-4H3,(H,18,19). The van der Waals surface area contributed by atoms with Crippen LogP contribution in [0.1, 0.15) is 45.6 Å². The topological polar surface area (TPSA) is 55.1 Å². The van der Waals surface area contributed by atoms with E-state index in [9.17, 15) is 4.79 Å². The van der Waals surface area contributed by atoms with E-state index in [0.29, 0.717) is 18.4 Å². The summed E-state index contributed by atoms with van der Waals surface area (Å²) in [6.07, 6.45) is 0.826. The summed E-state index contributed by atoms with van der Waals surface area (Å²) in [6, 6.07) is 8.02. The Morgan fingerprint density at radius 1 is 1.16 bits per heavy atom. The van der Waals surface area contributed by atoms with Gasteiger partial charge in [-0.25, -0.2) is 0 Å². The molecule has 1 unspecified atom stereocenters. The van der Waals surface area contributed by atoms with Crippen molar-refractivity contribution < 1.29 is 4.79 Å². The first-order valence-electron chi connectivity index (χ1n) is 7.05. The van der Waals surface area contributed by atoms with Crippen LogP contribution in [0.5, 0.6) is 0 Å². The molecule has 0 aromatic heterocycles. The van der Waals surface area contributed by atoms with E-state index in [0.717, 1.165) is 12.1 Å². The van der Waals surface area contributed by atoms with E-state index in [2.05, 4.69) is 45.1 Å². The highest BCUT2D eigenvalue weighted by molar-refractivity contribution is 5.92. The van der Waals surface area contributed by atoms with Gasteiger partial charge in [-0.2, -0.15) is 0 Å². The maximum absolute atomic E-state index is 12.1. The van der Waals surface area contributed by atoms with E-state index in [1.54, 1.807) is 0 Å². The molecule has 3 heteroatoms. The van der Waals surface area contributed by atoms with Crippen LogP contribution in [0.2, 0.25) is 0 Å². The van der Waals surface area contributed by atoms with Crippen molar-refractivity contribution in [1.29, 1.82) is 0 Å². The van der Waals surface area contributed by atoms with Crippen LogP contribution in [0.3, 0.4) is 0 Å². The zero-order valence-corrected chi connectivity index (χ0v) is 12.4. The van der Waals surface area contributed by atoms with Gasteiger partial charge in [0.15, 0.2) is 0 Å². The highest BCUT2D eigenvalue weighted by atomic mass is 16.1. The number of hydrogen-bond donors (Lipinski definition) is 2. The molecule has 19 heavy (non-hydrogen) atoms. The average molecular weight is 262 g/mol. The average Bonchev–Trinajstić information content (AvgIpc) is 2.36. The van der Waals surface area contributed by atoms with Gasteiger partial charge in [0, 0.05) is 12.2 Å². The Hall–Kier alpha value is -1.35. The molecule has 0 aliphatic carbocycles. The molecule has 106 valence electrons. The fourth-order valence-electron chi connectivity index (χ4n) is 2.08. The van der Waals surface area contributed by atoms with Crippen molar-refractivity contribution in [2.24, 2.45) is 17.6 Å². The molecule has 1 aromatic carbocycles. The van der Waals surface area contributed by atoms with E-state index >= 15 is 0 Å².